The van der Waals surface area contributed by atoms with E-state index in [0.717, 1.165) is 10.4 Å². The first kappa shape index (κ1) is 13.5. The van der Waals surface area contributed by atoms with Crippen molar-refractivity contribution in [3.8, 4) is 16.6 Å². The average Bonchev–Trinajstić information content (AvgIpc) is 3.17. The smallest absolute Gasteiger partial charge is 0.231 e. The van der Waals surface area contributed by atoms with Crippen LogP contribution in [0, 0.1) is 17.4 Å². The summed E-state index contributed by atoms with van der Waals surface area (Å²) in [6.07, 6.45) is 7.73. The lowest BCUT2D eigenvalue weighted by Crippen LogP contribution is -2.25. The van der Waals surface area contributed by atoms with Crippen molar-refractivity contribution in [3.05, 3.63) is 24.7 Å². The van der Waals surface area contributed by atoms with Crippen LogP contribution in [0.3, 0.4) is 0 Å². The number of nitrogens with one attached hydrogen (secondary N) is 1. The Morgan fingerprint density at radius 3 is 3.10 bits per heavy atom. The molecule has 2 aromatic heterocycles. The van der Waals surface area contributed by atoms with E-state index in [1.807, 2.05) is 6.07 Å². The molecule has 0 saturated carbocycles. The Morgan fingerprint density at radius 2 is 2.38 bits per heavy atom. The summed E-state index contributed by atoms with van der Waals surface area (Å²) in [5, 5.41) is 19.7. The number of aromatic nitrogens is 3. The molecule has 0 radical (unpaired) electrons. The zero-order valence-electron chi connectivity index (χ0n) is 11.1. The summed E-state index contributed by atoms with van der Waals surface area (Å²) < 4.78 is 0. The van der Waals surface area contributed by atoms with Gasteiger partial charge in [0.15, 0.2) is 11.3 Å². The van der Waals surface area contributed by atoms with E-state index >= 15 is 0 Å². The third kappa shape index (κ3) is 2.98. The van der Waals surface area contributed by atoms with Crippen LogP contribution >= 0.6 is 11.3 Å². The molecule has 0 bridgehead atoms. The first-order valence-corrected chi connectivity index (χ1v) is 7.26. The van der Waals surface area contributed by atoms with Gasteiger partial charge in [-0.3, -0.25) is 4.79 Å². The van der Waals surface area contributed by atoms with Gasteiger partial charge in [-0.15, -0.1) is 0 Å². The third-order valence-electron chi connectivity index (χ3n) is 3.31. The van der Waals surface area contributed by atoms with E-state index in [9.17, 15) is 4.79 Å². The van der Waals surface area contributed by atoms with Crippen LogP contribution in [-0.4, -0.2) is 39.1 Å². The molecule has 1 fully saturated rings. The van der Waals surface area contributed by atoms with Crippen molar-refractivity contribution in [3.63, 3.8) is 0 Å². The van der Waals surface area contributed by atoms with Gasteiger partial charge in [0, 0.05) is 24.8 Å². The van der Waals surface area contributed by atoms with Gasteiger partial charge in [0.25, 0.3) is 0 Å². The number of carbonyl (C=O) groups excluding carboxylic acids is 1. The molecule has 1 saturated heterocycles. The molecule has 1 N–H and O–H groups in total. The Hall–Kier alpha value is -2.53. The zero-order valence-corrected chi connectivity index (χ0v) is 11.9. The normalized spacial score (nSPS) is 17.5. The molecule has 0 aliphatic carbocycles. The number of thiazole rings is 1. The van der Waals surface area contributed by atoms with E-state index in [1.165, 1.54) is 11.3 Å². The first-order valence-electron chi connectivity index (χ1n) is 6.44. The van der Waals surface area contributed by atoms with Crippen LogP contribution in [0.2, 0.25) is 0 Å². The second-order valence-corrected chi connectivity index (χ2v) is 5.71. The van der Waals surface area contributed by atoms with Gasteiger partial charge in [-0.1, -0.05) is 11.3 Å². The predicted molar refractivity (Wildman–Crippen MR) is 77.1 cm³/mol. The molecular weight excluding hydrogens is 288 g/mol. The topological polar surface area (TPSA) is 94.8 Å². The number of nitriles is 1. The highest BCUT2D eigenvalue weighted by molar-refractivity contribution is 7.19. The van der Waals surface area contributed by atoms with E-state index in [4.69, 9.17) is 5.26 Å². The average molecular weight is 300 g/mol. The fourth-order valence-corrected chi connectivity index (χ4v) is 2.98. The van der Waals surface area contributed by atoms with Crippen molar-refractivity contribution in [1.82, 2.24) is 20.1 Å². The number of hydrogen-bond acceptors (Lipinski definition) is 7. The van der Waals surface area contributed by atoms with E-state index < -0.39 is 0 Å². The Kier molecular flexibility index (Phi) is 3.75. The summed E-state index contributed by atoms with van der Waals surface area (Å²) in [5.41, 5.74) is 0.916. The Bertz CT molecular complexity index is 679. The quantitative estimate of drug-likeness (QED) is 0.860. The van der Waals surface area contributed by atoms with Crippen molar-refractivity contribution in [1.29, 1.82) is 5.26 Å². The van der Waals surface area contributed by atoms with Crippen LogP contribution in [-0.2, 0) is 4.79 Å². The molecular formula is C13H12N6OS. The Labute approximate surface area is 125 Å². The zero-order chi connectivity index (χ0) is 14.7. The second kappa shape index (κ2) is 5.85. The SMILES string of the molecule is N#CN1CCC(C(=O)Nc2ncc(-c3ccnnc3)s2)C1. The summed E-state index contributed by atoms with van der Waals surface area (Å²) in [7, 11) is 0. The standard InChI is InChI=1S/C13H12N6OS/c14-8-19-4-2-10(7-19)12(20)18-13-15-6-11(21-13)9-1-3-16-17-5-9/h1,3,5-6,10H,2,4,7H2,(H,15,18,20). The minimum Gasteiger partial charge on any atom is -0.310 e. The molecule has 2 aromatic rings. The summed E-state index contributed by atoms with van der Waals surface area (Å²) in [6.45, 7) is 1.12. The lowest BCUT2D eigenvalue weighted by atomic mass is 10.1. The van der Waals surface area contributed by atoms with Gasteiger partial charge in [0.1, 0.15) is 0 Å². The van der Waals surface area contributed by atoms with Crippen LogP contribution in [0.25, 0.3) is 10.4 Å². The van der Waals surface area contributed by atoms with Crippen molar-refractivity contribution in [2.75, 3.05) is 18.4 Å². The minimum atomic E-state index is -0.153. The summed E-state index contributed by atoms with van der Waals surface area (Å²) in [5.74, 6) is -0.235. The van der Waals surface area contributed by atoms with Gasteiger partial charge in [0.05, 0.1) is 23.2 Å². The fourth-order valence-electron chi connectivity index (χ4n) is 2.17. The largest absolute Gasteiger partial charge is 0.310 e. The highest BCUT2D eigenvalue weighted by atomic mass is 32.1. The van der Waals surface area contributed by atoms with E-state index in [2.05, 4.69) is 26.7 Å². The van der Waals surface area contributed by atoms with Gasteiger partial charge < -0.3 is 10.2 Å². The lowest BCUT2D eigenvalue weighted by Gasteiger charge is -2.08. The number of hydrogen-bond donors (Lipinski definition) is 1. The molecule has 1 aliphatic rings. The van der Waals surface area contributed by atoms with E-state index in [1.54, 1.807) is 23.5 Å². The van der Waals surface area contributed by atoms with Gasteiger partial charge in [0.2, 0.25) is 5.91 Å². The van der Waals surface area contributed by atoms with Gasteiger partial charge in [-0.25, -0.2) is 4.98 Å². The van der Waals surface area contributed by atoms with E-state index in [-0.39, 0.29) is 11.8 Å². The van der Waals surface area contributed by atoms with Crippen LogP contribution in [0.5, 0.6) is 0 Å². The molecule has 3 heterocycles. The maximum Gasteiger partial charge on any atom is 0.231 e. The molecule has 0 aromatic carbocycles. The maximum atomic E-state index is 12.1. The highest BCUT2D eigenvalue weighted by Gasteiger charge is 2.28. The van der Waals surface area contributed by atoms with Crippen molar-refractivity contribution < 1.29 is 4.79 Å². The van der Waals surface area contributed by atoms with Crippen LogP contribution in [0.4, 0.5) is 5.13 Å². The minimum absolute atomic E-state index is 0.0819. The van der Waals surface area contributed by atoms with Gasteiger partial charge in [-0.2, -0.15) is 15.5 Å². The number of amides is 1. The van der Waals surface area contributed by atoms with E-state index in [0.29, 0.717) is 24.6 Å². The summed E-state index contributed by atoms with van der Waals surface area (Å²) >= 11 is 1.39. The summed E-state index contributed by atoms with van der Waals surface area (Å²) in [4.78, 5) is 18.8. The van der Waals surface area contributed by atoms with Crippen molar-refractivity contribution >= 4 is 22.4 Å². The monoisotopic (exact) mass is 300 g/mol. The Morgan fingerprint density at radius 1 is 1.48 bits per heavy atom. The van der Waals surface area contributed by atoms with Crippen LogP contribution in [0.1, 0.15) is 6.42 Å². The molecule has 1 amide bonds. The number of nitrogens with zero attached hydrogens (tertiary/aromatic N) is 5. The number of anilines is 1. The Balaban J connectivity index is 1.65. The van der Waals surface area contributed by atoms with Crippen molar-refractivity contribution in [2.24, 2.45) is 5.92 Å². The summed E-state index contributed by atoms with van der Waals surface area (Å²) in [6, 6.07) is 1.84. The molecule has 21 heavy (non-hydrogen) atoms. The highest BCUT2D eigenvalue weighted by Crippen LogP contribution is 2.28. The first-order chi connectivity index (χ1) is 10.3. The fraction of sp³-hybridized carbons (Fsp3) is 0.308. The van der Waals surface area contributed by atoms with Crippen LogP contribution in [0.15, 0.2) is 24.7 Å². The second-order valence-electron chi connectivity index (χ2n) is 4.68. The molecule has 1 aliphatic heterocycles. The molecule has 7 nitrogen and oxygen atoms in total. The predicted octanol–water partition coefficient (Wildman–Crippen LogP) is 1.34. The molecule has 0 spiro atoms. The number of rotatable bonds is 3. The van der Waals surface area contributed by atoms with Gasteiger partial charge in [-0.05, 0) is 12.5 Å². The third-order valence-corrected chi connectivity index (χ3v) is 4.27. The molecule has 1 unspecified atom stereocenters. The maximum absolute atomic E-state index is 12.1. The van der Waals surface area contributed by atoms with Gasteiger partial charge >= 0.3 is 0 Å². The van der Waals surface area contributed by atoms with Crippen LogP contribution < -0.4 is 5.32 Å². The molecule has 3 rings (SSSR count). The molecule has 1 atom stereocenters. The number of likely N-dealkylation sites (tertiary alicyclic amines) is 1. The molecule has 106 valence electrons. The molecule has 8 heteroatoms. The lowest BCUT2D eigenvalue weighted by molar-refractivity contribution is -0.119. The number of carbonyl (C=O) groups is 1. The van der Waals surface area contributed by atoms with Crippen molar-refractivity contribution in [2.45, 2.75) is 6.42 Å².